The van der Waals surface area contributed by atoms with Crippen LogP contribution in [-0.2, 0) is 0 Å². The first kappa shape index (κ1) is 15.9. The number of hydrogen-bond donors (Lipinski definition) is 0. The molecule has 0 fully saturated rings. The van der Waals surface area contributed by atoms with Crippen molar-refractivity contribution >= 4 is 0 Å². The molecule has 0 nitrogen and oxygen atoms in total. The maximum Gasteiger partial charge on any atom is 0.428 e. The third kappa shape index (κ3) is 8.06. The van der Waals surface area contributed by atoms with Crippen LogP contribution in [0.5, 0.6) is 0 Å². The Kier molecular flexibility index (Phi) is 6.84. The Hall–Kier alpha value is -0.560. The van der Waals surface area contributed by atoms with Crippen molar-refractivity contribution in [1.82, 2.24) is 0 Å². The largest absolute Gasteiger partial charge is 0.428 e. The van der Waals surface area contributed by atoms with E-state index in [2.05, 4.69) is 0 Å². The fourth-order valence-electron chi connectivity index (χ4n) is 0.186. The molecule has 0 rings (SSSR count). The summed E-state index contributed by atoms with van der Waals surface area (Å²) in [5, 5.41) is 0. The monoisotopic (exact) mass is 232 g/mol. The second kappa shape index (κ2) is 6.02. The molecule has 0 aromatic carbocycles. The van der Waals surface area contributed by atoms with E-state index in [9.17, 15) is 35.1 Å². The van der Waals surface area contributed by atoms with Crippen LogP contribution in [0.3, 0.4) is 0 Å². The van der Waals surface area contributed by atoms with Gasteiger partial charge in [-0.25, -0.2) is 4.39 Å². The molecule has 0 amide bonds. The SMILES string of the molecule is CCCF.FC(C(F)(F)F)C(F)(F)F. The molecule has 0 saturated heterocycles. The maximum atomic E-state index is 11.2. The average molecular weight is 232 g/mol. The molecule has 0 saturated carbocycles. The van der Waals surface area contributed by atoms with Gasteiger partial charge >= 0.3 is 12.4 Å². The maximum absolute atomic E-state index is 11.2. The third-order valence-corrected chi connectivity index (χ3v) is 0.764. The van der Waals surface area contributed by atoms with Gasteiger partial charge in [0.05, 0.1) is 6.67 Å². The lowest BCUT2D eigenvalue weighted by Crippen LogP contribution is -2.38. The van der Waals surface area contributed by atoms with Crippen molar-refractivity contribution in [3.05, 3.63) is 0 Å². The summed E-state index contributed by atoms with van der Waals surface area (Å²) in [5.41, 5.74) is 0. The van der Waals surface area contributed by atoms with E-state index < -0.39 is 18.5 Å². The normalized spacial score (nSPS) is 12.4. The fraction of sp³-hybridized carbons (Fsp3) is 1.00. The third-order valence-electron chi connectivity index (χ3n) is 0.764. The summed E-state index contributed by atoms with van der Waals surface area (Å²) < 4.78 is 87.0. The van der Waals surface area contributed by atoms with Crippen molar-refractivity contribution in [2.75, 3.05) is 6.67 Å². The van der Waals surface area contributed by atoms with Gasteiger partial charge < -0.3 is 0 Å². The van der Waals surface area contributed by atoms with Gasteiger partial charge in [0.1, 0.15) is 0 Å². The molecular formula is C6H8F8. The molecule has 0 aliphatic carbocycles. The van der Waals surface area contributed by atoms with Gasteiger partial charge in [-0.15, -0.1) is 0 Å². The Morgan fingerprint density at radius 1 is 0.929 bits per heavy atom. The lowest BCUT2D eigenvalue weighted by Gasteiger charge is -2.14. The second-order valence-electron chi connectivity index (χ2n) is 2.13. The van der Waals surface area contributed by atoms with Crippen LogP contribution in [0.15, 0.2) is 0 Å². The first-order valence-corrected chi connectivity index (χ1v) is 3.40. The standard InChI is InChI=1S/C3HF7.C3H7F/c4-1(2(5,6)7)3(8,9)10;1-2-3-4/h1H;2-3H2,1H3. The lowest BCUT2D eigenvalue weighted by atomic mass is 10.4. The highest BCUT2D eigenvalue weighted by atomic mass is 19.4. The highest BCUT2D eigenvalue weighted by Crippen LogP contribution is 2.35. The Bertz CT molecular complexity index is 118. The van der Waals surface area contributed by atoms with E-state index in [-0.39, 0.29) is 6.67 Å². The molecular weight excluding hydrogens is 224 g/mol. The first-order chi connectivity index (χ1) is 6.07. The predicted octanol–water partition coefficient (Wildman–Crippen LogP) is 3.82. The number of hydrogen-bond acceptors (Lipinski definition) is 0. The van der Waals surface area contributed by atoms with E-state index in [1.165, 1.54) is 0 Å². The van der Waals surface area contributed by atoms with Crippen LogP contribution in [0.4, 0.5) is 35.1 Å². The Labute approximate surface area is 74.9 Å². The Morgan fingerprint density at radius 3 is 1.14 bits per heavy atom. The van der Waals surface area contributed by atoms with Crippen molar-refractivity contribution in [3.8, 4) is 0 Å². The molecule has 0 heterocycles. The quantitative estimate of drug-likeness (QED) is 0.603. The molecule has 0 unspecified atom stereocenters. The smallest absolute Gasteiger partial charge is 0.251 e. The topological polar surface area (TPSA) is 0 Å². The minimum Gasteiger partial charge on any atom is -0.251 e. The zero-order valence-electron chi connectivity index (χ0n) is 7.02. The van der Waals surface area contributed by atoms with E-state index in [1.807, 2.05) is 0 Å². The minimum absolute atomic E-state index is 0.181. The fourth-order valence-corrected chi connectivity index (χ4v) is 0.186. The number of rotatable bonds is 1. The van der Waals surface area contributed by atoms with Gasteiger partial charge in [0, 0.05) is 0 Å². The summed E-state index contributed by atoms with van der Waals surface area (Å²) in [7, 11) is 0. The van der Waals surface area contributed by atoms with Crippen LogP contribution in [0.2, 0.25) is 0 Å². The van der Waals surface area contributed by atoms with E-state index in [1.54, 1.807) is 6.92 Å². The molecule has 0 aliphatic heterocycles. The van der Waals surface area contributed by atoms with Crippen molar-refractivity contribution in [1.29, 1.82) is 0 Å². The molecule has 0 N–H and O–H groups in total. The van der Waals surface area contributed by atoms with Crippen LogP contribution >= 0.6 is 0 Å². The van der Waals surface area contributed by atoms with Gasteiger partial charge in [0.15, 0.2) is 0 Å². The highest BCUT2D eigenvalue weighted by Gasteiger charge is 2.57. The van der Waals surface area contributed by atoms with Crippen molar-refractivity contribution in [2.45, 2.75) is 31.9 Å². The average Bonchev–Trinajstić information content (AvgIpc) is 2.00. The highest BCUT2D eigenvalue weighted by molar-refractivity contribution is 4.73. The van der Waals surface area contributed by atoms with E-state index in [0.29, 0.717) is 6.42 Å². The van der Waals surface area contributed by atoms with E-state index in [4.69, 9.17) is 0 Å². The molecule has 0 aromatic heterocycles. The Morgan fingerprint density at radius 2 is 1.14 bits per heavy atom. The van der Waals surface area contributed by atoms with Gasteiger partial charge in [-0.2, -0.15) is 26.3 Å². The van der Waals surface area contributed by atoms with Crippen molar-refractivity contribution in [2.24, 2.45) is 0 Å². The molecule has 0 aromatic rings. The molecule has 0 atom stereocenters. The first-order valence-electron chi connectivity index (χ1n) is 3.40. The van der Waals surface area contributed by atoms with Crippen molar-refractivity contribution in [3.63, 3.8) is 0 Å². The molecule has 0 bridgehead atoms. The van der Waals surface area contributed by atoms with Gasteiger partial charge in [0.2, 0.25) is 0 Å². The van der Waals surface area contributed by atoms with Crippen LogP contribution in [0.25, 0.3) is 0 Å². The molecule has 0 spiro atoms. The summed E-state index contributed by atoms with van der Waals surface area (Å²) >= 11 is 0. The molecule has 0 radical (unpaired) electrons. The Balaban J connectivity index is 0. The van der Waals surface area contributed by atoms with Crippen LogP contribution in [0, 0.1) is 0 Å². The van der Waals surface area contributed by atoms with E-state index >= 15 is 0 Å². The molecule has 8 heteroatoms. The number of alkyl halides is 8. The van der Waals surface area contributed by atoms with Gasteiger partial charge in [0.25, 0.3) is 6.17 Å². The second-order valence-corrected chi connectivity index (χ2v) is 2.13. The zero-order valence-corrected chi connectivity index (χ0v) is 7.02. The summed E-state index contributed by atoms with van der Waals surface area (Å²) in [6, 6.07) is 0. The van der Waals surface area contributed by atoms with E-state index in [0.717, 1.165) is 0 Å². The molecule has 88 valence electrons. The van der Waals surface area contributed by atoms with Gasteiger partial charge in [-0.1, -0.05) is 6.92 Å². The van der Waals surface area contributed by atoms with Gasteiger partial charge in [-0.05, 0) is 6.42 Å². The summed E-state index contributed by atoms with van der Waals surface area (Å²) in [5.74, 6) is 0. The molecule has 0 aliphatic rings. The van der Waals surface area contributed by atoms with Crippen LogP contribution < -0.4 is 0 Å². The lowest BCUT2D eigenvalue weighted by molar-refractivity contribution is -0.285. The number of halogens is 8. The predicted molar refractivity (Wildman–Crippen MR) is 33.3 cm³/mol. The summed E-state index contributed by atoms with van der Waals surface area (Å²) in [6.07, 6.45) is -15.8. The minimum atomic E-state index is -5.85. The van der Waals surface area contributed by atoms with Crippen LogP contribution in [-0.4, -0.2) is 25.2 Å². The van der Waals surface area contributed by atoms with Crippen LogP contribution in [0.1, 0.15) is 13.3 Å². The summed E-state index contributed by atoms with van der Waals surface area (Å²) in [6.45, 7) is 1.62. The molecule has 14 heavy (non-hydrogen) atoms. The van der Waals surface area contributed by atoms with Gasteiger partial charge in [-0.3, -0.25) is 4.39 Å². The zero-order chi connectivity index (χ0) is 12.0. The summed E-state index contributed by atoms with van der Waals surface area (Å²) in [4.78, 5) is 0. The van der Waals surface area contributed by atoms with Crippen molar-refractivity contribution < 1.29 is 35.1 Å².